The number of methoxy groups -OCH3 is 1. The molecule has 78 valence electrons. The fourth-order valence-corrected chi connectivity index (χ4v) is 1.71. The van der Waals surface area contributed by atoms with Gasteiger partial charge in [-0.25, -0.2) is 0 Å². The first-order valence-electron chi connectivity index (χ1n) is 4.16. The molecule has 3 nitrogen and oxygen atoms in total. The number of alkyl halides is 1. The molecule has 1 N–H and O–H groups in total. The first-order chi connectivity index (χ1) is 6.67. The Labute approximate surface area is 92.0 Å². The van der Waals surface area contributed by atoms with Crippen LogP contribution < -0.4 is 10.1 Å². The van der Waals surface area contributed by atoms with Crippen molar-refractivity contribution in [2.75, 3.05) is 13.0 Å². The lowest BCUT2D eigenvalue weighted by molar-refractivity contribution is 0.0947. The topological polar surface area (TPSA) is 38.3 Å². The molecule has 5 heteroatoms. The molecule has 0 aliphatic heterocycles. The summed E-state index contributed by atoms with van der Waals surface area (Å²) in [5.41, 5.74) is 0. The number of thiophene rings is 1. The highest BCUT2D eigenvalue weighted by Gasteiger charge is 2.11. The van der Waals surface area contributed by atoms with E-state index in [1.807, 2.05) is 6.92 Å². The first kappa shape index (κ1) is 11.3. The van der Waals surface area contributed by atoms with Crippen molar-refractivity contribution in [2.45, 2.75) is 13.0 Å². The minimum atomic E-state index is -0.105. The zero-order valence-corrected chi connectivity index (χ0v) is 9.61. The normalized spacial score (nSPS) is 12.2. The number of halogens is 1. The molecular formula is C9H12ClNO2S. The predicted molar refractivity (Wildman–Crippen MR) is 58.5 cm³/mol. The summed E-state index contributed by atoms with van der Waals surface area (Å²) in [7, 11) is 1.57. The van der Waals surface area contributed by atoms with Crippen LogP contribution in [-0.4, -0.2) is 24.9 Å². The molecule has 0 aromatic carbocycles. The van der Waals surface area contributed by atoms with Crippen LogP contribution in [-0.2, 0) is 0 Å². The van der Waals surface area contributed by atoms with Gasteiger partial charge in [-0.05, 0) is 6.92 Å². The van der Waals surface area contributed by atoms with Crippen LogP contribution in [0.15, 0.2) is 11.4 Å². The molecule has 1 unspecified atom stereocenters. The van der Waals surface area contributed by atoms with E-state index in [2.05, 4.69) is 5.32 Å². The second-order valence-electron chi connectivity index (χ2n) is 2.88. The molecule has 14 heavy (non-hydrogen) atoms. The van der Waals surface area contributed by atoms with E-state index in [0.717, 1.165) is 0 Å². The number of nitrogens with one attached hydrogen (secondary N) is 1. The summed E-state index contributed by atoms with van der Waals surface area (Å²) in [6.45, 7) is 1.86. The highest BCUT2D eigenvalue weighted by Crippen LogP contribution is 2.20. The van der Waals surface area contributed by atoms with Gasteiger partial charge in [-0.15, -0.1) is 22.9 Å². The molecule has 0 saturated heterocycles. The second-order valence-corrected chi connectivity index (χ2v) is 4.10. The minimum Gasteiger partial charge on any atom is -0.496 e. The van der Waals surface area contributed by atoms with Gasteiger partial charge in [0.2, 0.25) is 0 Å². The lowest BCUT2D eigenvalue weighted by Gasteiger charge is -2.08. The van der Waals surface area contributed by atoms with Gasteiger partial charge in [0.25, 0.3) is 5.91 Å². The molecule has 1 heterocycles. The van der Waals surface area contributed by atoms with E-state index in [9.17, 15) is 4.79 Å². The lowest BCUT2D eigenvalue weighted by atomic mass is 10.3. The zero-order chi connectivity index (χ0) is 10.6. The van der Waals surface area contributed by atoms with Crippen LogP contribution in [0.1, 0.15) is 16.6 Å². The summed E-state index contributed by atoms with van der Waals surface area (Å²) in [6.07, 6.45) is 0. The zero-order valence-electron chi connectivity index (χ0n) is 8.04. The van der Waals surface area contributed by atoms with Crippen LogP contribution in [0.5, 0.6) is 5.75 Å². The maximum atomic E-state index is 11.5. The van der Waals surface area contributed by atoms with Crippen molar-refractivity contribution in [1.29, 1.82) is 0 Å². The maximum Gasteiger partial charge on any atom is 0.261 e. The molecule has 1 rings (SSSR count). The molecule has 0 aliphatic carbocycles. The van der Waals surface area contributed by atoms with Crippen molar-refractivity contribution < 1.29 is 9.53 Å². The van der Waals surface area contributed by atoms with Crippen molar-refractivity contribution in [2.24, 2.45) is 0 Å². The lowest BCUT2D eigenvalue weighted by Crippen LogP contribution is -2.33. The molecule has 1 atom stereocenters. The van der Waals surface area contributed by atoms with Gasteiger partial charge in [0.05, 0.1) is 12.0 Å². The monoisotopic (exact) mass is 233 g/mol. The third kappa shape index (κ3) is 2.89. The van der Waals surface area contributed by atoms with Crippen molar-refractivity contribution in [3.05, 3.63) is 16.3 Å². The van der Waals surface area contributed by atoms with Crippen molar-refractivity contribution in [1.82, 2.24) is 5.32 Å². The minimum absolute atomic E-state index is 0.0164. The molecule has 0 spiro atoms. The Bertz CT molecular complexity index is 314. The van der Waals surface area contributed by atoms with Crippen molar-refractivity contribution in [3.63, 3.8) is 0 Å². The molecule has 1 aromatic rings. The number of ether oxygens (including phenoxy) is 1. The molecule has 1 amide bonds. The molecule has 0 fully saturated rings. The Balaban J connectivity index is 2.60. The van der Waals surface area contributed by atoms with Gasteiger partial charge in [0, 0.05) is 23.4 Å². The highest BCUT2D eigenvalue weighted by molar-refractivity contribution is 7.12. The van der Waals surface area contributed by atoms with Crippen molar-refractivity contribution >= 4 is 28.8 Å². The molecule has 0 saturated carbocycles. The van der Waals surface area contributed by atoms with Gasteiger partial charge < -0.3 is 10.1 Å². The van der Waals surface area contributed by atoms with E-state index in [-0.39, 0.29) is 11.9 Å². The molecular weight excluding hydrogens is 222 g/mol. The molecule has 0 aliphatic rings. The third-order valence-corrected chi connectivity index (χ3v) is 3.01. The quantitative estimate of drug-likeness (QED) is 0.809. The van der Waals surface area contributed by atoms with E-state index in [0.29, 0.717) is 16.5 Å². The Kier molecular flexibility index (Phi) is 4.22. The van der Waals surface area contributed by atoms with Crippen LogP contribution in [0.2, 0.25) is 0 Å². The summed E-state index contributed by atoms with van der Waals surface area (Å²) in [6, 6.07) is 1.69. The predicted octanol–water partition coefficient (Wildman–Crippen LogP) is 2.11. The number of hydrogen-bond donors (Lipinski definition) is 1. The first-order valence-corrected chi connectivity index (χ1v) is 5.58. The molecule has 0 radical (unpaired) electrons. The van der Waals surface area contributed by atoms with E-state index < -0.39 is 0 Å². The number of carbonyl (C=O) groups is 1. The van der Waals surface area contributed by atoms with Gasteiger partial charge in [0.1, 0.15) is 5.75 Å². The average Bonchev–Trinajstić information content (AvgIpc) is 2.65. The van der Waals surface area contributed by atoms with E-state index in [1.165, 1.54) is 11.3 Å². The van der Waals surface area contributed by atoms with Gasteiger partial charge in [-0.1, -0.05) is 0 Å². The largest absolute Gasteiger partial charge is 0.496 e. The number of carbonyl (C=O) groups excluding carboxylic acids is 1. The van der Waals surface area contributed by atoms with Crippen LogP contribution in [0.4, 0.5) is 0 Å². The number of hydrogen-bond acceptors (Lipinski definition) is 3. The van der Waals surface area contributed by atoms with Crippen LogP contribution in [0, 0.1) is 0 Å². The van der Waals surface area contributed by atoms with E-state index in [1.54, 1.807) is 18.6 Å². The maximum absolute atomic E-state index is 11.5. The SMILES string of the molecule is COc1csc(C(=O)NC(C)CCl)c1. The Morgan fingerprint density at radius 1 is 1.79 bits per heavy atom. The summed E-state index contributed by atoms with van der Waals surface area (Å²) in [5.74, 6) is 1.01. The highest BCUT2D eigenvalue weighted by atomic mass is 35.5. The number of amides is 1. The Morgan fingerprint density at radius 3 is 3.00 bits per heavy atom. The van der Waals surface area contributed by atoms with Crippen molar-refractivity contribution in [3.8, 4) is 5.75 Å². The fourth-order valence-electron chi connectivity index (χ4n) is 0.878. The van der Waals surface area contributed by atoms with Crippen LogP contribution >= 0.6 is 22.9 Å². The smallest absolute Gasteiger partial charge is 0.261 e. The van der Waals surface area contributed by atoms with Gasteiger partial charge in [-0.2, -0.15) is 0 Å². The standard InChI is InChI=1S/C9H12ClNO2S/c1-6(4-10)11-9(12)8-3-7(13-2)5-14-8/h3,5-6H,4H2,1-2H3,(H,11,12). The summed E-state index contributed by atoms with van der Waals surface area (Å²) < 4.78 is 4.98. The molecule has 1 aromatic heterocycles. The summed E-state index contributed by atoms with van der Waals surface area (Å²) >= 11 is 6.93. The second kappa shape index (κ2) is 5.22. The average molecular weight is 234 g/mol. The van der Waals surface area contributed by atoms with Gasteiger partial charge in [-0.3, -0.25) is 4.79 Å². The van der Waals surface area contributed by atoms with E-state index >= 15 is 0 Å². The van der Waals surface area contributed by atoms with Gasteiger partial charge in [0.15, 0.2) is 0 Å². The Morgan fingerprint density at radius 2 is 2.50 bits per heavy atom. The van der Waals surface area contributed by atoms with Crippen LogP contribution in [0.25, 0.3) is 0 Å². The van der Waals surface area contributed by atoms with Crippen LogP contribution in [0.3, 0.4) is 0 Å². The summed E-state index contributed by atoms with van der Waals surface area (Å²) in [5, 5.41) is 4.56. The fraction of sp³-hybridized carbons (Fsp3) is 0.444. The Hall–Kier alpha value is -0.740. The van der Waals surface area contributed by atoms with E-state index in [4.69, 9.17) is 16.3 Å². The van der Waals surface area contributed by atoms with Gasteiger partial charge >= 0.3 is 0 Å². The number of rotatable bonds is 4. The third-order valence-electron chi connectivity index (χ3n) is 1.64. The molecule has 0 bridgehead atoms. The summed E-state index contributed by atoms with van der Waals surface area (Å²) in [4.78, 5) is 12.2.